The standard InChI is InChI=1S/C67H20F24N2S/c1-19-43(68)45(70)38(46(71)44(19)69)20-2-7-33-26(12-20)27-13-21(39-47(72)55(80)63(88)56(81)48(39)73)3-8-34(27)92(33)24-5-10-36-29(17-24)28-14-22(40-49(74)57(82)64(89)58(83)50(40)75)4-9-35(28)93(36)25-6-11-37-30(18-25)31-15-23(41-51(76)59(84)65(90)60(85)52(41)77)16-32(67(31)94-37)42-53(78)61(86)66(91)62(87)54(42)79/h2-18H,1H3. The minimum atomic E-state index is -2.63. The van der Waals surface area contributed by atoms with Crippen molar-refractivity contribution in [3.63, 3.8) is 0 Å². The molecule has 0 fully saturated rings. The third kappa shape index (κ3) is 8.43. The first-order chi connectivity index (χ1) is 44.5. The highest BCUT2D eigenvalue weighted by molar-refractivity contribution is 7.26. The van der Waals surface area contributed by atoms with E-state index < -0.39 is 206 Å². The number of fused-ring (bicyclic) bond motifs is 9. The Balaban J connectivity index is 1.06. The van der Waals surface area contributed by atoms with E-state index in [9.17, 15) is 43.9 Å². The van der Waals surface area contributed by atoms with E-state index in [-0.39, 0.29) is 70.5 Å². The molecular weight excluding hydrogens is 1320 g/mol. The molecule has 0 unspecified atom stereocenters. The van der Waals surface area contributed by atoms with Crippen molar-refractivity contribution in [3.8, 4) is 67.0 Å². The molecule has 3 aromatic heterocycles. The van der Waals surface area contributed by atoms with Crippen molar-refractivity contribution >= 4 is 75.1 Å². The quantitative estimate of drug-likeness (QED) is 0.0855. The summed E-state index contributed by atoms with van der Waals surface area (Å²) in [5, 5.41) is -1.12. The lowest BCUT2D eigenvalue weighted by molar-refractivity contribution is 0.381. The lowest BCUT2D eigenvalue weighted by Gasteiger charge is -2.14. The summed E-state index contributed by atoms with van der Waals surface area (Å²) in [4.78, 5) is 0. The Kier molecular flexibility index (Phi) is 13.8. The zero-order valence-corrected chi connectivity index (χ0v) is 46.5. The van der Waals surface area contributed by atoms with E-state index in [1.54, 1.807) is 0 Å². The van der Waals surface area contributed by atoms with Gasteiger partial charge in [-0.15, -0.1) is 11.3 Å². The fraction of sp³-hybridized carbons (Fsp3) is 0.0149. The van der Waals surface area contributed by atoms with E-state index >= 15 is 61.5 Å². The van der Waals surface area contributed by atoms with Gasteiger partial charge in [-0.1, -0.05) is 18.2 Å². The van der Waals surface area contributed by atoms with Gasteiger partial charge in [0.05, 0.1) is 49.9 Å². The largest absolute Gasteiger partial charge is 0.309 e. The van der Waals surface area contributed by atoms with Gasteiger partial charge in [0, 0.05) is 64.2 Å². The van der Waals surface area contributed by atoms with Crippen LogP contribution in [-0.4, -0.2) is 9.13 Å². The second-order valence-corrected chi connectivity index (χ2v) is 22.3. The average molecular weight is 1340 g/mol. The maximum atomic E-state index is 15.8. The number of hydrogen-bond acceptors (Lipinski definition) is 1. The molecule has 472 valence electrons. The summed E-state index contributed by atoms with van der Waals surface area (Å²) in [5.41, 5.74) is -12.8. The van der Waals surface area contributed by atoms with Gasteiger partial charge in [-0.3, -0.25) is 0 Å². The van der Waals surface area contributed by atoms with E-state index in [4.69, 9.17) is 0 Å². The number of benzene rings is 11. The molecule has 0 spiro atoms. The van der Waals surface area contributed by atoms with Gasteiger partial charge in [0.15, 0.2) is 116 Å². The summed E-state index contributed by atoms with van der Waals surface area (Å²) in [7, 11) is 0. The summed E-state index contributed by atoms with van der Waals surface area (Å²) in [5.74, 6) is -56.2. The zero-order chi connectivity index (χ0) is 67.2. The van der Waals surface area contributed by atoms with E-state index in [0.29, 0.717) is 17.4 Å². The van der Waals surface area contributed by atoms with Crippen molar-refractivity contribution < 1.29 is 105 Å². The summed E-state index contributed by atoms with van der Waals surface area (Å²) in [6.45, 7) is 0.741. The van der Waals surface area contributed by atoms with Crippen molar-refractivity contribution in [1.29, 1.82) is 0 Å². The molecule has 0 amide bonds. The molecule has 0 bridgehead atoms. The molecule has 0 saturated carbocycles. The smallest absolute Gasteiger partial charge is 0.200 e. The molecule has 0 saturated heterocycles. The van der Waals surface area contributed by atoms with Crippen LogP contribution in [0, 0.1) is 147 Å². The lowest BCUT2D eigenvalue weighted by atomic mass is 9.94. The third-order valence-electron chi connectivity index (χ3n) is 16.3. The molecule has 94 heavy (non-hydrogen) atoms. The van der Waals surface area contributed by atoms with Crippen molar-refractivity contribution in [1.82, 2.24) is 9.13 Å². The van der Waals surface area contributed by atoms with Gasteiger partial charge in [-0.2, -0.15) is 0 Å². The fourth-order valence-corrected chi connectivity index (χ4v) is 13.1. The highest BCUT2D eigenvalue weighted by atomic mass is 32.1. The lowest BCUT2D eigenvalue weighted by Crippen LogP contribution is -2.05. The number of nitrogens with zero attached hydrogens (tertiary/aromatic N) is 2. The number of aromatic nitrogens is 2. The predicted octanol–water partition coefficient (Wildman–Crippen LogP) is 22.2. The van der Waals surface area contributed by atoms with Crippen LogP contribution in [0.2, 0.25) is 0 Å². The molecule has 14 rings (SSSR count). The first-order valence-electron chi connectivity index (χ1n) is 26.6. The molecule has 14 aromatic rings. The van der Waals surface area contributed by atoms with Gasteiger partial charge in [0.1, 0.15) is 0 Å². The van der Waals surface area contributed by atoms with Gasteiger partial charge in [0.2, 0.25) is 23.3 Å². The Hall–Kier alpha value is -10.4. The molecule has 0 atom stereocenters. The second-order valence-electron chi connectivity index (χ2n) is 21.3. The Morgan fingerprint density at radius 3 is 0.862 bits per heavy atom. The molecule has 11 aromatic carbocycles. The SMILES string of the molecule is Cc1c(F)c(F)c(-c2ccc3c(c2)c2cc(-c4c(F)c(F)c(F)c(F)c4F)ccc2n3-c2ccc3c(c2)c2cc(-c4c(F)c(F)c(F)c(F)c4F)ccc2n3-c2ccc3sc4c(-c5c(F)c(F)c(F)c(F)c5F)cc(-c5c(F)c(F)c(F)c(F)c5F)cc4c3c2)c(F)c1F. The van der Waals surface area contributed by atoms with Crippen LogP contribution in [-0.2, 0) is 0 Å². The summed E-state index contributed by atoms with van der Waals surface area (Å²) < 4.78 is 366. The zero-order valence-electron chi connectivity index (χ0n) is 45.7. The molecule has 0 aliphatic rings. The van der Waals surface area contributed by atoms with Gasteiger partial charge >= 0.3 is 0 Å². The molecule has 0 aliphatic heterocycles. The highest BCUT2D eigenvalue weighted by Gasteiger charge is 2.35. The molecular formula is C67H20F24N2S. The van der Waals surface area contributed by atoms with Crippen molar-refractivity contribution in [2.75, 3.05) is 0 Å². The van der Waals surface area contributed by atoms with Crippen LogP contribution in [0.5, 0.6) is 0 Å². The number of thiophene rings is 1. The van der Waals surface area contributed by atoms with Crippen LogP contribution in [0.25, 0.3) is 131 Å². The average Bonchev–Trinajstić information content (AvgIpc) is 1.54. The first-order valence-corrected chi connectivity index (χ1v) is 27.4. The molecule has 0 N–H and O–H groups in total. The number of halogens is 24. The van der Waals surface area contributed by atoms with Gasteiger partial charge in [0.25, 0.3) is 0 Å². The molecule has 0 radical (unpaired) electrons. The third-order valence-corrected chi connectivity index (χ3v) is 17.6. The summed E-state index contributed by atoms with van der Waals surface area (Å²) in [6, 6.07) is 18.1. The van der Waals surface area contributed by atoms with Gasteiger partial charge in [-0.25, -0.2) is 105 Å². The molecule has 0 aliphatic carbocycles. The van der Waals surface area contributed by atoms with Crippen molar-refractivity contribution in [3.05, 3.63) is 248 Å². The van der Waals surface area contributed by atoms with Gasteiger partial charge in [-0.05, 0) is 114 Å². The van der Waals surface area contributed by atoms with Crippen LogP contribution >= 0.6 is 11.3 Å². The molecule has 27 heteroatoms. The highest BCUT2D eigenvalue weighted by Crippen LogP contribution is 2.49. The van der Waals surface area contributed by atoms with E-state index in [1.807, 2.05) is 0 Å². The first kappa shape index (κ1) is 61.1. The monoisotopic (exact) mass is 1340 g/mol. The fourth-order valence-electron chi connectivity index (χ4n) is 11.9. The number of hydrogen-bond donors (Lipinski definition) is 0. The van der Waals surface area contributed by atoms with Crippen LogP contribution in [0.4, 0.5) is 105 Å². The van der Waals surface area contributed by atoms with E-state index in [2.05, 4.69) is 0 Å². The van der Waals surface area contributed by atoms with Crippen molar-refractivity contribution in [2.45, 2.75) is 6.92 Å². The second kappa shape index (κ2) is 21.3. The van der Waals surface area contributed by atoms with Crippen molar-refractivity contribution in [2.24, 2.45) is 0 Å². The Bertz CT molecular complexity index is 5550. The van der Waals surface area contributed by atoms with Crippen LogP contribution < -0.4 is 0 Å². The Morgan fingerprint density at radius 1 is 0.234 bits per heavy atom. The topological polar surface area (TPSA) is 9.86 Å². The summed E-state index contributed by atoms with van der Waals surface area (Å²) >= 11 is 0.569. The van der Waals surface area contributed by atoms with Crippen LogP contribution in [0.15, 0.2) is 103 Å². The summed E-state index contributed by atoms with van der Waals surface area (Å²) in [6.07, 6.45) is 0. The Labute approximate surface area is 510 Å². The van der Waals surface area contributed by atoms with E-state index in [1.165, 1.54) is 45.5 Å². The molecule has 2 nitrogen and oxygen atoms in total. The Morgan fingerprint density at radius 2 is 0.500 bits per heavy atom. The maximum Gasteiger partial charge on any atom is 0.200 e. The molecule has 3 heterocycles. The minimum absolute atomic E-state index is 0.0161. The predicted molar refractivity (Wildman–Crippen MR) is 299 cm³/mol. The van der Waals surface area contributed by atoms with Crippen LogP contribution in [0.1, 0.15) is 5.56 Å². The minimum Gasteiger partial charge on any atom is -0.309 e. The van der Waals surface area contributed by atoms with E-state index in [0.717, 1.165) is 67.6 Å². The maximum absolute atomic E-state index is 15.8. The van der Waals surface area contributed by atoms with Crippen LogP contribution in [0.3, 0.4) is 0 Å². The normalized spacial score (nSPS) is 12.1. The van der Waals surface area contributed by atoms with Gasteiger partial charge < -0.3 is 9.13 Å². The number of rotatable bonds is 7.